The standard InChI is InChI=1S/C49H55ClF3N5O6/c1-33-37(8-5-9-39(33)40-10-6-12-43(34(40)2)61-23-7-19-57-21-15-48(16-22-57)13-17-55-18-14-48)32-63-45-26-44(62-31-36-24-35(27-54)28-56-29-36)38(25-41(45)50)30-58-20-4-3-11-42(58)46(59)64-47(60)49(51,52)53/h5-6,8-10,12,24-26,28-29,42,55H,3-4,7,11,13-23,30-32H2,1-2H3/t42-/m0/s1. The first kappa shape index (κ1) is 46.8. The third-order valence-corrected chi connectivity index (χ3v) is 13.3. The zero-order chi connectivity index (χ0) is 45.3. The highest BCUT2D eigenvalue weighted by atomic mass is 35.5. The first-order valence-corrected chi connectivity index (χ1v) is 22.4. The predicted octanol–water partition coefficient (Wildman–Crippen LogP) is 9.27. The second kappa shape index (κ2) is 21.2. The van der Waals surface area contributed by atoms with Gasteiger partial charge in [-0.3, -0.25) is 9.88 Å². The molecule has 0 saturated carbocycles. The summed E-state index contributed by atoms with van der Waals surface area (Å²) >= 11 is 6.87. The molecule has 15 heteroatoms. The van der Waals surface area contributed by atoms with Crippen molar-refractivity contribution in [2.75, 3.05) is 45.9 Å². The Bertz CT molecular complexity index is 2320. The molecule has 340 valence electrons. The fourth-order valence-corrected chi connectivity index (χ4v) is 9.39. The summed E-state index contributed by atoms with van der Waals surface area (Å²) in [7, 11) is 0. The van der Waals surface area contributed by atoms with Crippen molar-refractivity contribution in [2.24, 2.45) is 5.41 Å². The average Bonchev–Trinajstić information content (AvgIpc) is 3.29. The van der Waals surface area contributed by atoms with Crippen LogP contribution < -0.4 is 19.5 Å². The number of nitrogens with zero attached hydrogens (tertiary/aromatic N) is 4. The molecule has 0 radical (unpaired) electrons. The van der Waals surface area contributed by atoms with Crippen LogP contribution in [0.25, 0.3) is 11.1 Å². The van der Waals surface area contributed by atoms with Crippen molar-refractivity contribution in [1.82, 2.24) is 20.1 Å². The normalized spacial score (nSPS) is 18.0. The number of benzene rings is 3. The maximum absolute atomic E-state index is 13.0. The first-order chi connectivity index (χ1) is 30.8. The predicted molar refractivity (Wildman–Crippen MR) is 236 cm³/mol. The van der Waals surface area contributed by atoms with E-state index in [2.05, 4.69) is 52.0 Å². The molecular formula is C49H55ClF3N5O6. The number of nitriles is 1. The lowest BCUT2D eigenvalue weighted by atomic mass is 9.71. The van der Waals surface area contributed by atoms with Crippen LogP contribution in [0.2, 0.25) is 5.02 Å². The minimum atomic E-state index is -5.31. The fraction of sp³-hybridized carbons (Fsp3) is 0.469. The van der Waals surface area contributed by atoms with Crippen molar-refractivity contribution in [3.63, 3.8) is 0 Å². The number of esters is 2. The van der Waals surface area contributed by atoms with E-state index >= 15 is 0 Å². The van der Waals surface area contributed by atoms with Gasteiger partial charge in [-0.15, -0.1) is 0 Å². The number of carbonyl (C=O) groups excluding carboxylic acids is 2. The van der Waals surface area contributed by atoms with E-state index in [1.54, 1.807) is 29.3 Å². The summed E-state index contributed by atoms with van der Waals surface area (Å²) < 4.78 is 62.2. The number of nitrogens with one attached hydrogen (secondary N) is 1. The molecule has 4 heterocycles. The Hall–Kier alpha value is -5.20. The van der Waals surface area contributed by atoms with Crippen molar-refractivity contribution >= 4 is 23.5 Å². The van der Waals surface area contributed by atoms with Crippen LogP contribution in [-0.2, 0) is 34.1 Å². The third-order valence-electron chi connectivity index (χ3n) is 13.0. The smallest absolute Gasteiger partial charge is 0.491 e. The van der Waals surface area contributed by atoms with Crippen molar-refractivity contribution in [3.05, 3.63) is 105 Å². The molecule has 11 nitrogen and oxygen atoms in total. The number of carbonyl (C=O) groups is 2. The molecule has 3 fully saturated rings. The molecule has 3 aliphatic heterocycles. The van der Waals surface area contributed by atoms with Crippen molar-refractivity contribution < 1.29 is 41.7 Å². The highest BCUT2D eigenvalue weighted by Crippen LogP contribution is 2.40. The van der Waals surface area contributed by atoms with E-state index in [-0.39, 0.29) is 31.2 Å². The van der Waals surface area contributed by atoms with Crippen molar-refractivity contribution in [1.29, 1.82) is 5.26 Å². The molecule has 0 amide bonds. The summed E-state index contributed by atoms with van der Waals surface area (Å²) in [4.78, 5) is 32.8. The molecular weight excluding hydrogens is 847 g/mol. The van der Waals surface area contributed by atoms with Gasteiger partial charge in [0.25, 0.3) is 0 Å². The summed E-state index contributed by atoms with van der Waals surface area (Å²) in [6.45, 7) is 11.0. The lowest BCUT2D eigenvalue weighted by Crippen LogP contribution is -2.46. The van der Waals surface area contributed by atoms with Crippen LogP contribution in [0.15, 0.2) is 67.0 Å². The number of hydrogen-bond donors (Lipinski definition) is 1. The number of likely N-dealkylation sites (tertiary alicyclic amines) is 2. The summed E-state index contributed by atoms with van der Waals surface area (Å²) in [6, 6.07) is 18.1. The molecule has 0 bridgehead atoms. The Morgan fingerprint density at radius 2 is 1.61 bits per heavy atom. The summed E-state index contributed by atoms with van der Waals surface area (Å²) in [5.41, 5.74) is 7.17. The highest BCUT2D eigenvalue weighted by molar-refractivity contribution is 6.32. The number of piperidine rings is 3. The molecule has 7 rings (SSSR count). The Labute approximate surface area is 377 Å². The van der Waals surface area contributed by atoms with Crippen LogP contribution in [0.4, 0.5) is 13.2 Å². The van der Waals surface area contributed by atoms with Crippen LogP contribution >= 0.6 is 11.6 Å². The van der Waals surface area contributed by atoms with E-state index in [4.69, 9.17) is 25.8 Å². The number of hydrogen-bond acceptors (Lipinski definition) is 11. The number of ether oxygens (including phenoxy) is 4. The second-order valence-corrected chi connectivity index (χ2v) is 17.6. The first-order valence-electron chi connectivity index (χ1n) is 22.1. The molecule has 1 N–H and O–H groups in total. The van der Waals surface area contributed by atoms with Crippen molar-refractivity contribution in [3.8, 4) is 34.4 Å². The van der Waals surface area contributed by atoms with Crippen LogP contribution in [0.5, 0.6) is 17.2 Å². The molecule has 3 aromatic carbocycles. The topological polar surface area (TPSA) is 126 Å². The summed E-state index contributed by atoms with van der Waals surface area (Å²) in [5, 5.41) is 13.2. The number of rotatable bonds is 15. The SMILES string of the molecule is Cc1c(COc2cc(OCc3cncc(C#N)c3)c(CN3CCCC[C@H]3C(=O)OC(=O)C(F)(F)F)cc2Cl)cccc1-c1cccc(OCCCN2CCC3(CCNCC3)CC2)c1C. The maximum atomic E-state index is 13.0. The van der Waals surface area contributed by atoms with Crippen LogP contribution in [0.3, 0.4) is 0 Å². The molecule has 64 heavy (non-hydrogen) atoms. The third kappa shape index (κ3) is 11.7. The molecule has 3 aliphatic rings. The molecule has 1 aromatic heterocycles. The van der Waals surface area contributed by atoms with Crippen LogP contribution in [0.1, 0.15) is 84.7 Å². The molecule has 0 unspecified atom stereocenters. The Morgan fingerprint density at radius 1 is 0.875 bits per heavy atom. The van der Waals surface area contributed by atoms with E-state index in [0.29, 0.717) is 59.6 Å². The maximum Gasteiger partial charge on any atom is 0.491 e. The summed E-state index contributed by atoms with van der Waals surface area (Å²) in [5.74, 6) is -2.30. The van der Waals surface area contributed by atoms with Gasteiger partial charge in [-0.2, -0.15) is 18.4 Å². The molecule has 4 aromatic rings. The fourth-order valence-electron chi connectivity index (χ4n) is 9.14. The number of alkyl halides is 3. The largest absolute Gasteiger partial charge is 0.493 e. The van der Waals surface area contributed by atoms with E-state index in [9.17, 15) is 28.0 Å². The molecule has 3 saturated heterocycles. The highest BCUT2D eigenvalue weighted by Gasteiger charge is 2.44. The van der Waals surface area contributed by atoms with Crippen molar-refractivity contribution in [2.45, 2.75) is 97.2 Å². The number of halogens is 4. The zero-order valence-corrected chi connectivity index (χ0v) is 37.2. The molecule has 0 aliphatic carbocycles. The number of aromatic nitrogens is 1. The lowest BCUT2D eigenvalue weighted by Gasteiger charge is -2.44. The second-order valence-electron chi connectivity index (χ2n) is 17.2. The summed E-state index contributed by atoms with van der Waals surface area (Å²) in [6.07, 6.45) is 5.28. The van der Waals surface area contributed by atoms with Gasteiger partial charge in [-0.05, 0) is 143 Å². The quantitative estimate of drug-likeness (QED) is 0.0697. The molecule has 1 spiro atoms. The van der Waals surface area contributed by atoms with Gasteiger partial charge in [0.2, 0.25) is 0 Å². The van der Waals surface area contributed by atoms with Gasteiger partial charge in [0.1, 0.15) is 42.6 Å². The minimum absolute atomic E-state index is 0.0166. The van der Waals surface area contributed by atoms with Gasteiger partial charge < -0.3 is 29.2 Å². The average molecular weight is 902 g/mol. The van der Waals surface area contributed by atoms with Gasteiger partial charge >= 0.3 is 18.1 Å². The monoisotopic (exact) mass is 901 g/mol. The Kier molecular flexibility index (Phi) is 15.5. The van der Waals surface area contributed by atoms with E-state index < -0.39 is 24.2 Å². The lowest BCUT2D eigenvalue weighted by molar-refractivity contribution is -0.203. The van der Waals surface area contributed by atoms with Gasteiger partial charge in [0, 0.05) is 42.7 Å². The van der Waals surface area contributed by atoms with Crippen LogP contribution in [0, 0.1) is 30.6 Å². The van der Waals surface area contributed by atoms with Gasteiger partial charge in [-0.25, -0.2) is 9.59 Å². The Balaban J connectivity index is 1.03. The number of pyridine rings is 1. The zero-order valence-electron chi connectivity index (χ0n) is 36.4. The van der Waals surface area contributed by atoms with Gasteiger partial charge in [-0.1, -0.05) is 48.4 Å². The van der Waals surface area contributed by atoms with E-state index in [1.165, 1.54) is 45.0 Å². The molecule has 1 atom stereocenters. The van der Waals surface area contributed by atoms with Crippen LogP contribution in [-0.4, -0.2) is 84.8 Å². The minimum Gasteiger partial charge on any atom is -0.493 e. The Morgan fingerprint density at radius 3 is 2.36 bits per heavy atom. The van der Waals surface area contributed by atoms with Gasteiger partial charge in [0.05, 0.1) is 17.2 Å². The van der Waals surface area contributed by atoms with Gasteiger partial charge in [0.15, 0.2) is 0 Å². The van der Waals surface area contributed by atoms with E-state index in [0.717, 1.165) is 59.6 Å². The van der Waals surface area contributed by atoms with E-state index in [1.807, 2.05) is 24.3 Å².